The standard InChI is InChI=1S/C16H15NO6/c1-3-23-16(22)11-8(2)17-13(12(11)15(20)21)9-6-4-5-7-10(9)14(18)19/h4-7,17H,3H2,1-2H3,(H,18,19)(H,20,21). The lowest BCUT2D eigenvalue weighted by Gasteiger charge is -2.06. The maximum atomic E-state index is 12.0. The molecule has 0 saturated carbocycles. The maximum absolute atomic E-state index is 12.0. The number of aromatic amines is 1. The molecule has 0 saturated heterocycles. The lowest BCUT2D eigenvalue weighted by molar-refractivity contribution is 0.0514. The first-order chi connectivity index (χ1) is 10.9. The molecule has 0 amide bonds. The molecule has 0 atom stereocenters. The third-order valence-corrected chi connectivity index (χ3v) is 3.31. The van der Waals surface area contributed by atoms with Gasteiger partial charge in [0.05, 0.1) is 29.0 Å². The van der Waals surface area contributed by atoms with Crippen molar-refractivity contribution in [1.82, 2.24) is 4.98 Å². The van der Waals surface area contributed by atoms with Gasteiger partial charge in [-0.1, -0.05) is 18.2 Å². The summed E-state index contributed by atoms with van der Waals surface area (Å²) in [5, 5.41) is 18.8. The molecule has 0 bridgehead atoms. The molecule has 0 aliphatic carbocycles. The number of esters is 1. The van der Waals surface area contributed by atoms with Crippen LogP contribution in [0.3, 0.4) is 0 Å². The first kappa shape index (κ1) is 16.3. The summed E-state index contributed by atoms with van der Waals surface area (Å²) < 4.78 is 4.89. The number of ether oxygens (including phenoxy) is 1. The van der Waals surface area contributed by atoms with Gasteiger partial charge in [-0.05, 0) is 19.9 Å². The highest BCUT2D eigenvalue weighted by Gasteiger charge is 2.29. The molecule has 0 radical (unpaired) electrons. The predicted octanol–water partition coefficient (Wildman–Crippen LogP) is 2.56. The highest BCUT2D eigenvalue weighted by molar-refractivity contribution is 6.09. The number of carboxylic acid groups (broad SMARTS) is 2. The van der Waals surface area contributed by atoms with E-state index in [-0.39, 0.29) is 34.6 Å². The molecule has 7 nitrogen and oxygen atoms in total. The Balaban J connectivity index is 2.75. The van der Waals surface area contributed by atoms with Crippen LogP contribution in [0.5, 0.6) is 0 Å². The number of aryl methyl sites for hydroxylation is 1. The topological polar surface area (TPSA) is 117 Å². The van der Waals surface area contributed by atoms with Crippen LogP contribution in [0.2, 0.25) is 0 Å². The number of carbonyl (C=O) groups is 3. The Morgan fingerprint density at radius 3 is 2.30 bits per heavy atom. The molecule has 7 heteroatoms. The number of benzene rings is 1. The normalized spacial score (nSPS) is 10.3. The van der Waals surface area contributed by atoms with E-state index in [0.29, 0.717) is 5.69 Å². The molecule has 23 heavy (non-hydrogen) atoms. The van der Waals surface area contributed by atoms with Crippen LogP contribution in [-0.4, -0.2) is 39.7 Å². The average molecular weight is 317 g/mol. The molecular formula is C16H15NO6. The zero-order valence-electron chi connectivity index (χ0n) is 12.5. The van der Waals surface area contributed by atoms with Crippen LogP contribution in [0.4, 0.5) is 0 Å². The number of hydrogen-bond acceptors (Lipinski definition) is 4. The molecule has 0 aliphatic rings. The molecule has 2 rings (SSSR count). The van der Waals surface area contributed by atoms with Crippen LogP contribution in [0, 0.1) is 6.92 Å². The van der Waals surface area contributed by atoms with Gasteiger partial charge >= 0.3 is 17.9 Å². The second-order valence-electron chi connectivity index (χ2n) is 4.75. The van der Waals surface area contributed by atoms with Crippen molar-refractivity contribution in [1.29, 1.82) is 0 Å². The van der Waals surface area contributed by atoms with E-state index in [1.165, 1.54) is 25.1 Å². The summed E-state index contributed by atoms with van der Waals surface area (Å²) in [5.41, 5.74) is 0.0963. The van der Waals surface area contributed by atoms with Gasteiger partial charge in [-0.15, -0.1) is 0 Å². The summed E-state index contributed by atoms with van der Waals surface area (Å²) in [6.07, 6.45) is 0. The number of aromatic carboxylic acids is 2. The van der Waals surface area contributed by atoms with Crippen LogP contribution in [0.15, 0.2) is 24.3 Å². The van der Waals surface area contributed by atoms with E-state index in [9.17, 15) is 24.6 Å². The highest BCUT2D eigenvalue weighted by atomic mass is 16.5. The van der Waals surface area contributed by atoms with E-state index >= 15 is 0 Å². The number of nitrogens with one attached hydrogen (secondary N) is 1. The van der Waals surface area contributed by atoms with Crippen molar-refractivity contribution < 1.29 is 29.3 Å². The van der Waals surface area contributed by atoms with Gasteiger partial charge in [0.15, 0.2) is 0 Å². The van der Waals surface area contributed by atoms with Crippen molar-refractivity contribution in [2.24, 2.45) is 0 Å². The van der Waals surface area contributed by atoms with Crippen LogP contribution in [-0.2, 0) is 4.74 Å². The van der Waals surface area contributed by atoms with Gasteiger partial charge in [0, 0.05) is 11.3 Å². The lowest BCUT2D eigenvalue weighted by atomic mass is 9.99. The van der Waals surface area contributed by atoms with Gasteiger partial charge in [-0.2, -0.15) is 0 Å². The number of carboxylic acids is 2. The Morgan fingerprint density at radius 1 is 1.09 bits per heavy atom. The molecule has 120 valence electrons. The number of aromatic nitrogens is 1. The number of hydrogen-bond donors (Lipinski definition) is 3. The van der Waals surface area contributed by atoms with E-state index in [4.69, 9.17) is 4.74 Å². The average Bonchev–Trinajstić information content (AvgIpc) is 2.85. The zero-order chi connectivity index (χ0) is 17.1. The number of H-pyrrole nitrogens is 1. The van der Waals surface area contributed by atoms with Crippen molar-refractivity contribution >= 4 is 17.9 Å². The molecule has 0 unspecified atom stereocenters. The van der Waals surface area contributed by atoms with Crippen LogP contribution >= 0.6 is 0 Å². The molecule has 3 N–H and O–H groups in total. The predicted molar refractivity (Wildman–Crippen MR) is 80.8 cm³/mol. The summed E-state index contributed by atoms with van der Waals surface area (Å²) in [6, 6.07) is 5.97. The van der Waals surface area contributed by atoms with E-state index < -0.39 is 17.9 Å². The minimum Gasteiger partial charge on any atom is -0.478 e. The molecule has 1 aromatic heterocycles. The van der Waals surface area contributed by atoms with Gasteiger partial charge in [0.25, 0.3) is 0 Å². The number of carbonyl (C=O) groups excluding carboxylic acids is 1. The summed E-state index contributed by atoms with van der Waals surface area (Å²) in [7, 11) is 0. The summed E-state index contributed by atoms with van der Waals surface area (Å²) in [5.74, 6) is -3.30. The van der Waals surface area contributed by atoms with Crippen molar-refractivity contribution in [2.75, 3.05) is 6.61 Å². The summed E-state index contributed by atoms with van der Waals surface area (Å²) in [6.45, 7) is 3.25. The highest BCUT2D eigenvalue weighted by Crippen LogP contribution is 2.31. The third kappa shape index (κ3) is 2.94. The molecular weight excluding hydrogens is 302 g/mol. The molecule has 1 heterocycles. The number of rotatable bonds is 5. The van der Waals surface area contributed by atoms with Crippen molar-refractivity contribution in [3.8, 4) is 11.3 Å². The second-order valence-corrected chi connectivity index (χ2v) is 4.75. The first-order valence-electron chi connectivity index (χ1n) is 6.84. The SMILES string of the molecule is CCOC(=O)c1c(C)[nH]c(-c2ccccc2C(=O)O)c1C(=O)O. The van der Waals surface area contributed by atoms with Gasteiger partial charge in [-0.3, -0.25) is 0 Å². The second kappa shape index (κ2) is 6.35. The van der Waals surface area contributed by atoms with Gasteiger partial charge in [0.2, 0.25) is 0 Å². The van der Waals surface area contributed by atoms with E-state index in [0.717, 1.165) is 0 Å². The smallest absolute Gasteiger partial charge is 0.340 e. The van der Waals surface area contributed by atoms with Gasteiger partial charge in [0.1, 0.15) is 0 Å². The maximum Gasteiger partial charge on any atom is 0.340 e. The first-order valence-corrected chi connectivity index (χ1v) is 6.84. The summed E-state index contributed by atoms with van der Waals surface area (Å²) in [4.78, 5) is 37.8. The van der Waals surface area contributed by atoms with Crippen molar-refractivity contribution in [3.63, 3.8) is 0 Å². The largest absolute Gasteiger partial charge is 0.478 e. The fraction of sp³-hybridized carbons (Fsp3) is 0.188. The van der Waals surface area contributed by atoms with E-state index in [1.54, 1.807) is 13.0 Å². The van der Waals surface area contributed by atoms with Crippen molar-refractivity contribution in [2.45, 2.75) is 13.8 Å². The Morgan fingerprint density at radius 2 is 1.74 bits per heavy atom. The molecule has 2 aromatic rings. The van der Waals surface area contributed by atoms with Crippen LogP contribution in [0.25, 0.3) is 11.3 Å². The fourth-order valence-electron chi connectivity index (χ4n) is 2.39. The third-order valence-electron chi connectivity index (χ3n) is 3.31. The zero-order valence-corrected chi connectivity index (χ0v) is 12.5. The lowest BCUT2D eigenvalue weighted by Crippen LogP contribution is -2.11. The minimum absolute atomic E-state index is 0.0633. The Bertz CT molecular complexity index is 790. The Hall–Kier alpha value is -3.09. The Kier molecular flexibility index (Phi) is 4.49. The van der Waals surface area contributed by atoms with Gasteiger partial charge < -0.3 is 19.9 Å². The molecule has 0 spiro atoms. The minimum atomic E-state index is -1.34. The van der Waals surface area contributed by atoms with Gasteiger partial charge in [-0.25, -0.2) is 14.4 Å². The van der Waals surface area contributed by atoms with E-state index in [1.807, 2.05) is 0 Å². The van der Waals surface area contributed by atoms with Crippen molar-refractivity contribution in [3.05, 3.63) is 46.6 Å². The molecule has 1 aromatic carbocycles. The molecule has 0 aliphatic heterocycles. The van der Waals surface area contributed by atoms with Crippen LogP contribution < -0.4 is 0 Å². The summed E-state index contributed by atoms with van der Waals surface area (Å²) >= 11 is 0. The van der Waals surface area contributed by atoms with Crippen LogP contribution in [0.1, 0.15) is 43.7 Å². The van der Waals surface area contributed by atoms with E-state index in [2.05, 4.69) is 4.98 Å². The monoisotopic (exact) mass is 317 g/mol. The quantitative estimate of drug-likeness (QED) is 0.730. The fourth-order valence-corrected chi connectivity index (χ4v) is 2.39. The Labute approximate surface area is 131 Å². The molecule has 0 fully saturated rings.